The summed E-state index contributed by atoms with van der Waals surface area (Å²) in [5.41, 5.74) is 13.0. The van der Waals surface area contributed by atoms with Crippen LogP contribution in [0.1, 0.15) is 35.6 Å². The molecule has 0 spiro atoms. The molecule has 1 aliphatic heterocycles. The highest BCUT2D eigenvalue weighted by Gasteiger charge is 2.20. The number of hydrogen-bond acceptors (Lipinski definition) is 2. The lowest BCUT2D eigenvalue weighted by Gasteiger charge is -2.33. The molecule has 1 unspecified atom stereocenters. The van der Waals surface area contributed by atoms with Crippen molar-refractivity contribution in [2.24, 2.45) is 10.7 Å². The largest absolute Gasteiger partial charge is 0.370 e. The van der Waals surface area contributed by atoms with Crippen molar-refractivity contribution in [2.45, 2.75) is 45.2 Å². The smallest absolute Gasteiger partial charge is 0.193 e. The number of aryl methyl sites for hydroxylation is 2. The summed E-state index contributed by atoms with van der Waals surface area (Å²) in [6.07, 6.45) is 4.76. The van der Waals surface area contributed by atoms with Crippen LogP contribution in [0.15, 0.2) is 47.5 Å². The van der Waals surface area contributed by atoms with E-state index in [1.54, 1.807) is 0 Å². The molecular formula is C22H29IN4. The lowest BCUT2D eigenvalue weighted by molar-refractivity contribution is 0.195. The molecule has 0 amide bonds. The van der Waals surface area contributed by atoms with Gasteiger partial charge in [-0.25, -0.2) is 0 Å². The van der Waals surface area contributed by atoms with Gasteiger partial charge in [-0.05, 0) is 67.0 Å². The van der Waals surface area contributed by atoms with E-state index in [0.717, 1.165) is 25.2 Å². The van der Waals surface area contributed by atoms with Crippen molar-refractivity contribution in [3.8, 4) is 0 Å². The molecule has 2 aromatic rings. The highest BCUT2D eigenvalue weighted by Crippen LogP contribution is 2.25. The maximum Gasteiger partial charge on any atom is 0.193 e. The Morgan fingerprint density at radius 2 is 1.81 bits per heavy atom. The number of nitrogens with two attached hydrogens (primary N) is 1. The summed E-state index contributed by atoms with van der Waals surface area (Å²) in [4.78, 5) is 7.08. The third-order valence-corrected chi connectivity index (χ3v) is 5.68. The first-order valence-corrected chi connectivity index (χ1v) is 9.68. The predicted molar refractivity (Wildman–Crippen MR) is 124 cm³/mol. The van der Waals surface area contributed by atoms with Gasteiger partial charge in [-0.1, -0.05) is 30.3 Å². The Hall–Kier alpha value is -1.60. The lowest BCUT2D eigenvalue weighted by atomic mass is 9.99. The van der Waals surface area contributed by atoms with E-state index >= 15 is 0 Å². The summed E-state index contributed by atoms with van der Waals surface area (Å²) in [5, 5.41) is 3.25. The van der Waals surface area contributed by atoms with Gasteiger partial charge in [0.2, 0.25) is 0 Å². The van der Waals surface area contributed by atoms with Crippen LogP contribution in [-0.2, 0) is 25.8 Å². The van der Waals surface area contributed by atoms with E-state index < -0.39 is 0 Å². The number of nitrogens with zero attached hydrogens (tertiary/aromatic N) is 2. The molecule has 0 saturated heterocycles. The number of benzene rings is 2. The molecular weight excluding hydrogens is 447 g/mol. The predicted octanol–water partition coefficient (Wildman–Crippen LogP) is 3.97. The Morgan fingerprint density at radius 3 is 2.67 bits per heavy atom. The molecule has 1 heterocycles. The average Bonchev–Trinajstić information content (AvgIpc) is 3.13. The number of fused-ring (bicyclic) bond motifs is 2. The number of guanidine groups is 1. The summed E-state index contributed by atoms with van der Waals surface area (Å²) in [7, 11) is 0. The van der Waals surface area contributed by atoms with Crippen LogP contribution in [0.3, 0.4) is 0 Å². The topological polar surface area (TPSA) is 53.6 Å². The van der Waals surface area contributed by atoms with Crippen LogP contribution < -0.4 is 11.1 Å². The molecule has 2 aliphatic rings. The van der Waals surface area contributed by atoms with Gasteiger partial charge in [0.05, 0.1) is 6.54 Å². The quantitative estimate of drug-likeness (QED) is 0.399. The van der Waals surface area contributed by atoms with Crippen molar-refractivity contribution in [3.63, 3.8) is 0 Å². The first-order valence-electron chi connectivity index (χ1n) is 9.68. The minimum absolute atomic E-state index is 0. The fourth-order valence-corrected chi connectivity index (χ4v) is 4.08. The highest BCUT2D eigenvalue weighted by molar-refractivity contribution is 14.0. The van der Waals surface area contributed by atoms with Gasteiger partial charge in [-0.2, -0.15) is 0 Å². The van der Waals surface area contributed by atoms with Gasteiger partial charge in [-0.15, -0.1) is 24.0 Å². The van der Waals surface area contributed by atoms with Crippen LogP contribution in [0.2, 0.25) is 0 Å². The van der Waals surface area contributed by atoms with E-state index in [0.29, 0.717) is 18.5 Å². The second kappa shape index (κ2) is 9.06. The molecule has 1 atom stereocenters. The number of nitrogens with one attached hydrogen (secondary N) is 1. The van der Waals surface area contributed by atoms with Crippen molar-refractivity contribution >= 4 is 35.6 Å². The van der Waals surface area contributed by atoms with Crippen molar-refractivity contribution in [2.75, 3.05) is 18.4 Å². The molecule has 27 heavy (non-hydrogen) atoms. The Balaban J connectivity index is 0.00000210. The molecule has 144 valence electrons. The van der Waals surface area contributed by atoms with Gasteiger partial charge in [-0.3, -0.25) is 9.89 Å². The molecule has 0 saturated carbocycles. The molecule has 5 heteroatoms. The summed E-state index contributed by atoms with van der Waals surface area (Å²) in [6.45, 7) is 5.04. The first kappa shape index (κ1) is 20.1. The van der Waals surface area contributed by atoms with Crippen molar-refractivity contribution in [3.05, 3.63) is 64.7 Å². The van der Waals surface area contributed by atoms with Gasteiger partial charge < -0.3 is 11.1 Å². The van der Waals surface area contributed by atoms with Gasteiger partial charge in [0, 0.05) is 24.8 Å². The molecule has 3 N–H and O–H groups in total. The summed E-state index contributed by atoms with van der Waals surface area (Å²) >= 11 is 0. The fraction of sp³-hybridized carbons (Fsp3) is 0.409. The average molecular weight is 476 g/mol. The van der Waals surface area contributed by atoms with Gasteiger partial charge >= 0.3 is 0 Å². The molecule has 0 fully saturated rings. The monoisotopic (exact) mass is 476 g/mol. The van der Waals surface area contributed by atoms with Crippen molar-refractivity contribution in [1.82, 2.24) is 4.90 Å². The molecule has 0 aromatic heterocycles. The maximum absolute atomic E-state index is 6.13. The van der Waals surface area contributed by atoms with Crippen LogP contribution in [0.25, 0.3) is 0 Å². The van der Waals surface area contributed by atoms with E-state index in [2.05, 4.69) is 64.6 Å². The molecule has 0 bridgehead atoms. The number of rotatable bonds is 4. The molecule has 4 rings (SSSR count). The first-order chi connectivity index (χ1) is 12.7. The van der Waals surface area contributed by atoms with Crippen LogP contribution in [0.4, 0.5) is 5.69 Å². The Kier molecular flexibility index (Phi) is 6.76. The standard InChI is InChI=1S/C22H28N4.HI/c1-16(26-12-11-18-5-2-3-6-20(18)15-26)14-24-22(23)25-21-10-9-17-7-4-8-19(17)13-21;/h2-3,5-6,9-10,13,16H,4,7-8,11-12,14-15H2,1H3,(H3,23,24,25);1H. The minimum atomic E-state index is 0. The second-order valence-electron chi connectivity index (χ2n) is 7.53. The molecule has 1 aliphatic carbocycles. The number of halogens is 1. The van der Waals surface area contributed by atoms with Crippen LogP contribution >= 0.6 is 24.0 Å². The fourth-order valence-electron chi connectivity index (χ4n) is 4.08. The van der Waals surface area contributed by atoms with E-state index in [4.69, 9.17) is 5.73 Å². The maximum atomic E-state index is 6.13. The Morgan fingerprint density at radius 1 is 1.07 bits per heavy atom. The van der Waals surface area contributed by atoms with Crippen molar-refractivity contribution < 1.29 is 0 Å². The Labute approximate surface area is 179 Å². The Bertz CT molecular complexity index is 818. The van der Waals surface area contributed by atoms with Crippen LogP contribution in [0, 0.1) is 0 Å². The third kappa shape index (κ3) is 4.82. The van der Waals surface area contributed by atoms with E-state index in [9.17, 15) is 0 Å². The van der Waals surface area contributed by atoms with E-state index in [-0.39, 0.29) is 24.0 Å². The number of aliphatic imine (C=N–C) groups is 1. The zero-order chi connectivity index (χ0) is 17.9. The van der Waals surface area contributed by atoms with Gasteiger partial charge in [0.1, 0.15) is 0 Å². The number of anilines is 1. The molecule has 4 nitrogen and oxygen atoms in total. The second-order valence-corrected chi connectivity index (χ2v) is 7.53. The van der Waals surface area contributed by atoms with Gasteiger partial charge in [0.15, 0.2) is 5.96 Å². The zero-order valence-electron chi connectivity index (χ0n) is 15.9. The van der Waals surface area contributed by atoms with E-state index in [1.165, 1.54) is 41.5 Å². The zero-order valence-corrected chi connectivity index (χ0v) is 18.3. The van der Waals surface area contributed by atoms with Crippen LogP contribution in [0.5, 0.6) is 0 Å². The third-order valence-electron chi connectivity index (χ3n) is 5.68. The summed E-state index contributed by atoms with van der Waals surface area (Å²) in [6, 6.07) is 15.7. The SMILES string of the molecule is CC(CN=C(N)Nc1ccc2c(c1)CCC2)N1CCc2ccccc2C1.I. The van der Waals surface area contributed by atoms with Crippen LogP contribution in [-0.4, -0.2) is 30.0 Å². The summed E-state index contributed by atoms with van der Waals surface area (Å²) in [5.74, 6) is 0.507. The molecule has 0 radical (unpaired) electrons. The minimum Gasteiger partial charge on any atom is -0.370 e. The molecule has 2 aromatic carbocycles. The normalized spacial score (nSPS) is 17.6. The lowest BCUT2D eigenvalue weighted by Crippen LogP contribution is -2.39. The van der Waals surface area contributed by atoms with E-state index in [1.807, 2.05) is 0 Å². The number of hydrogen-bond donors (Lipinski definition) is 2. The van der Waals surface area contributed by atoms with Gasteiger partial charge in [0.25, 0.3) is 0 Å². The van der Waals surface area contributed by atoms with Crippen molar-refractivity contribution in [1.29, 1.82) is 0 Å². The summed E-state index contributed by atoms with van der Waals surface area (Å²) < 4.78 is 0. The highest BCUT2D eigenvalue weighted by atomic mass is 127.